The van der Waals surface area contributed by atoms with Crippen molar-refractivity contribution in [2.24, 2.45) is 4.99 Å². The van der Waals surface area contributed by atoms with Gasteiger partial charge < -0.3 is 9.47 Å². The van der Waals surface area contributed by atoms with E-state index in [2.05, 4.69) is 4.99 Å². The summed E-state index contributed by atoms with van der Waals surface area (Å²) < 4.78 is 10.5. The van der Waals surface area contributed by atoms with E-state index in [0.717, 1.165) is 11.3 Å². The maximum Gasteiger partial charge on any atom is 0.283 e. The lowest BCUT2D eigenvalue weighted by Crippen LogP contribution is -2.30. The number of carbonyl (C=O) groups excluding carboxylic acids is 1. The maximum absolute atomic E-state index is 13.1. The molecule has 0 aliphatic carbocycles. The number of anilines is 1. The molecule has 28 heavy (non-hydrogen) atoms. The molecular weight excluding hydrogens is 396 g/mol. The second kappa shape index (κ2) is 9.48. The summed E-state index contributed by atoms with van der Waals surface area (Å²) in [5.41, 5.74) is 3.38. The zero-order valence-electron chi connectivity index (χ0n) is 15.5. The Bertz CT molecular complexity index is 939. The Morgan fingerprint density at radius 3 is 2.54 bits per heavy atom. The van der Waals surface area contributed by atoms with Crippen LogP contribution in [0.1, 0.15) is 5.56 Å². The summed E-state index contributed by atoms with van der Waals surface area (Å²) in [7, 11) is 3.21. The van der Waals surface area contributed by atoms with Gasteiger partial charge in [-0.25, -0.2) is 4.99 Å². The van der Waals surface area contributed by atoms with Crippen LogP contribution in [0.5, 0.6) is 11.5 Å². The van der Waals surface area contributed by atoms with E-state index in [0.29, 0.717) is 28.1 Å². The molecule has 0 saturated heterocycles. The first-order valence-corrected chi connectivity index (χ1v) is 9.89. The lowest BCUT2D eigenvalue weighted by Gasteiger charge is -2.18. The monoisotopic (exact) mass is 414 g/mol. The van der Waals surface area contributed by atoms with Crippen LogP contribution in [0.25, 0.3) is 6.08 Å². The Labute approximate surface area is 173 Å². The molecule has 0 N–H and O–H groups in total. The Hall–Kier alpha value is -2.70. The fraction of sp³-hybridized carbons (Fsp3) is 0.143. The van der Waals surface area contributed by atoms with Gasteiger partial charge in [0.25, 0.3) is 5.91 Å². The molecule has 0 saturated carbocycles. The Kier molecular flexibility index (Phi) is 6.79. The van der Waals surface area contributed by atoms with Crippen molar-refractivity contribution >= 4 is 46.2 Å². The average Bonchev–Trinajstić information content (AvgIpc) is 3.04. The van der Waals surface area contributed by atoms with Crippen LogP contribution in [0.4, 0.5) is 5.69 Å². The number of thioether (sulfide) groups is 1. The van der Waals surface area contributed by atoms with E-state index in [9.17, 15) is 4.79 Å². The minimum Gasteiger partial charge on any atom is -0.497 e. The van der Waals surface area contributed by atoms with E-state index in [4.69, 9.17) is 21.1 Å². The van der Waals surface area contributed by atoms with Crippen LogP contribution in [-0.4, -0.2) is 31.0 Å². The van der Waals surface area contributed by atoms with Gasteiger partial charge in [0.2, 0.25) is 0 Å². The number of nitrogens with zero attached hydrogens (tertiary/aromatic N) is 2. The van der Waals surface area contributed by atoms with Gasteiger partial charge in [0.15, 0.2) is 5.17 Å². The highest BCUT2D eigenvalue weighted by Crippen LogP contribution is 2.31. The third-order valence-electron chi connectivity index (χ3n) is 3.96. The molecule has 2 aromatic rings. The van der Waals surface area contributed by atoms with Crippen molar-refractivity contribution in [1.82, 2.24) is 0 Å². The van der Waals surface area contributed by atoms with E-state index in [1.165, 1.54) is 17.3 Å². The predicted octanol–water partition coefficient (Wildman–Crippen LogP) is 4.93. The summed E-state index contributed by atoms with van der Waals surface area (Å²) in [6.45, 7) is 0. The third kappa shape index (κ3) is 4.58. The van der Waals surface area contributed by atoms with Crippen LogP contribution in [0.2, 0.25) is 0 Å². The predicted molar refractivity (Wildman–Crippen MR) is 116 cm³/mol. The topological polar surface area (TPSA) is 51.1 Å². The van der Waals surface area contributed by atoms with Gasteiger partial charge in [-0.3, -0.25) is 9.69 Å². The number of hydrogen-bond donors (Lipinski definition) is 0. The highest BCUT2D eigenvalue weighted by molar-refractivity contribution is 8.14. The molecule has 0 fully saturated rings. The van der Waals surface area contributed by atoms with Gasteiger partial charge in [-0.2, -0.15) is 0 Å². The van der Waals surface area contributed by atoms with E-state index in [1.54, 1.807) is 31.3 Å². The van der Waals surface area contributed by atoms with Gasteiger partial charge in [0.05, 0.1) is 19.9 Å². The Morgan fingerprint density at radius 1 is 1.11 bits per heavy atom. The van der Waals surface area contributed by atoms with Crippen molar-refractivity contribution in [2.45, 2.75) is 0 Å². The van der Waals surface area contributed by atoms with E-state index >= 15 is 0 Å². The maximum atomic E-state index is 13.1. The standard InChI is InChI=1S/C21H19ClN2O3S/c1-26-17-9-7-15(8-10-17)13-19-20(25)24(21(23-19)28-12-4-11-22)16-5-3-6-18(14-16)27-2/h3-11,13-14H,12H2,1-2H3/b11-4+,19-13-. The van der Waals surface area contributed by atoms with Gasteiger partial charge in [-0.1, -0.05) is 47.6 Å². The lowest BCUT2D eigenvalue weighted by molar-refractivity contribution is -0.113. The third-order valence-corrected chi connectivity index (χ3v) is 5.03. The molecule has 2 aromatic carbocycles. The summed E-state index contributed by atoms with van der Waals surface area (Å²) in [5, 5.41) is 0.591. The highest BCUT2D eigenvalue weighted by atomic mass is 35.5. The molecule has 144 valence electrons. The van der Waals surface area contributed by atoms with Crippen molar-refractivity contribution in [1.29, 1.82) is 0 Å². The number of halogens is 1. The first-order valence-electron chi connectivity index (χ1n) is 8.47. The van der Waals surface area contributed by atoms with Crippen LogP contribution < -0.4 is 14.4 Å². The van der Waals surface area contributed by atoms with Crippen molar-refractivity contribution in [2.75, 3.05) is 24.9 Å². The Morgan fingerprint density at radius 2 is 1.86 bits per heavy atom. The van der Waals surface area contributed by atoms with Gasteiger partial charge in [0, 0.05) is 17.4 Å². The van der Waals surface area contributed by atoms with E-state index in [-0.39, 0.29) is 5.91 Å². The Balaban J connectivity index is 1.95. The zero-order chi connectivity index (χ0) is 19.9. The molecule has 0 spiro atoms. The van der Waals surface area contributed by atoms with Crippen LogP contribution in [-0.2, 0) is 4.79 Å². The first-order chi connectivity index (χ1) is 13.7. The van der Waals surface area contributed by atoms with Gasteiger partial charge in [0.1, 0.15) is 17.2 Å². The lowest BCUT2D eigenvalue weighted by atomic mass is 10.2. The van der Waals surface area contributed by atoms with E-state index in [1.807, 2.05) is 48.5 Å². The summed E-state index contributed by atoms with van der Waals surface area (Å²) in [6, 6.07) is 14.8. The largest absolute Gasteiger partial charge is 0.497 e. The molecule has 7 heteroatoms. The molecule has 1 amide bonds. The number of rotatable bonds is 6. The second-order valence-electron chi connectivity index (χ2n) is 5.71. The van der Waals surface area contributed by atoms with Crippen LogP contribution in [0, 0.1) is 0 Å². The molecule has 0 aromatic heterocycles. The smallest absolute Gasteiger partial charge is 0.283 e. The molecule has 1 heterocycles. The van der Waals surface area contributed by atoms with Crippen molar-refractivity contribution in [3.63, 3.8) is 0 Å². The minimum atomic E-state index is -0.193. The molecule has 1 aliphatic rings. The summed E-state index contributed by atoms with van der Waals surface area (Å²) in [5.74, 6) is 1.83. The summed E-state index contributed by atoms with van der Waals surface area (Å²) in [4.78, 5) is 19.2. The number of methoxy groups -OCH3 is 2. The fourth-order valence-corrected chi connectivity index (χ4v) is 3.60. The minimum absolute atomic E-state index is 0.193. The molecule has 0 atom stereocenters. The molecular formula is C21H19ClN2O3S. The number of carbonyl (C=O) groups is 1. The number of ether oxygens (including phenoxy) is 2. The average molecular weight is 415 g/mol. The number of aliphatic imine (C=N–C) groups is 1. The molecule has 3 rings (SSSR count). The second-order valence-corrected chi connectivity index (χ2v) is 6.95. The van der Waals surface area contributed by atoms with Crippen LogP contribution >= 0.6 is 23.4 Å². The number of amides is 1. The van der Waals surface area contributed by atoms with Gasteiger partial charge >= 0.3 is 0 Å². The number of benzene rings is 2. The van der Waals surface area contributed by atoms with Crippen LogP contribution in [0.15, 0.2) is 70.8 Å². The van der Waals surface area contributed by atoms with Crippen LogP contribution in [0.3, 0.4) is 0 Å². The molecule has 1 aliphatic heterocycles. The molecule has 5 nitrogen and oxygen atoms in total. The SMILES string of the molecule is COc1ccc(/C=C2\N=C(SC/C=C/Cl)N(c3cccc(OC)c3)C2=O)cc1. The molecule has 0 bridgehead atoms. The summed E-state index contributed by atoms with van der Waals surface area (Å²) >= 11 is 7.05. The first kappa shape index (κ1) is 20.0. The van der Waals surface area contributed by atoms with Gasteiger partial charge in [-0.05, 0) is 35.9 Å². The van der Waals surface area contributed by atoms with Gasteiger partial charge in [-0.15, -0.1) is 0 Å². The number of amidine groups is 1. The summed E-state index contributed by atoms with van der Waals surface area (Å²) in [6.07, 6.45) is 3.56. The molecule has 0 radical (unpaired) electrons. The van der Waals surface area contributed by atoms with Crippen molar-refractivity contribution in [3.8, 4) is 11.5 Å². The highest BCUT2D eigenvalue weighted by Gasteiger charge is 2.32. The van der Waals surface area contributed by atoms with Crippen molar-refractivity contribution < 1.29 is 14.3 Å². The molecule has 0 unspecified atom stereocenters. The normalized spacial score (nSPS) is 15.4. The fourth-order valence-electron chi connectivity index (χ4n) is 2.59. The number of hydrogen-bond acceptors (Lipinski definition) is 5. The zero-order valence-corrected chi connectivity index (χ0v) is 17.0. The quantitative estimate of drug-likeness (QED) is 0.628. The van der Waals surface area contributed by atoms with Crippen molar-refractivity contribution in [3.05, 3.63) is 71.4 Å². The van der Waals surface area contributed by atoms with E-state index < -0.39 is 0 Å².